The molecule has 0 unspecified atom stereocenters. The quantitative estimate of drug-likeness (QED) is 0.649. The van der Waals surface area contributed by atoms with Crippen LogP contribution in [0.3, 0.4) is 0 Å². The van der Waals surface area contributed by atoms with Crippen molar-refractivity contribution in [3.8, 4) is 11.4 Å². The van der Waals surface area contributed by atoms with E-state index in [1.54, 1.807) is 24.3 Å². The van der Waals surface area contributed by atoms with E-state index in [9.17, 15) is 9.18 Å². The van der Waals surface area contributed by atoms with Crippen LogP contribution in [-0.4, -0.2) is 34.0 Å². The van der Waals surface area contributed by atoms with Crippen LogP contribution in [0.25, 0.3) is 11.4 Å². The molecule has 1 aromatic heterocycles. The maximum atomic E-state index is 13.3. The summed E-state index contributed by atoms with van der Waals surface area (Å²) < 4.78 is 18.7. The van der Waals surface area contributed by atoms with Crippen LogP contribution in [0, 0.1) is 5.82 Å². The summed E-state index contributed by atoms with van der Waals surface area (Å²) in [5.74, 6) is 0.957. The Kier molecular flexibility index (Phi) is 5.39. The minimum absolute atomic E-state index is 0.0106. The molecular formula is C21H19ClFN3O2. The van der Waals surface area contributed by atoms with Crippen molar-refractivity contribution in [3.05, 3.63) is 70.8 Å². The number of amides is 1. The third-order valence-electron chi connectivity index (χ3n) is 4.99. The van der Waals surface area contributed by atoms with Crippen LogP contribution in [-0.2, 0) is 11.2 Å². The number of carbonyl (C=O) groups is 1. The second-order valence-electron chi connectivity index (χ2n) is 6.92. The van der Waals surface area contributed by atoms with Crippen LogP contribution >= 0.6 is 11.6 Å². The lowest BCUT2D eigenvalue weighted by molar-refractivity contribution is -0.131. The van der Waals surface area contributed by atoms with Gasteiger partial charge in [-0.1, -0.05) is 28.9 Å². The van der Waals surface area contributed by atoms with Crippen molar-refractivity contribution in [1.29, 1.82) is 0 Å². The molecule has 7 heteroatoms. The summed E-state index contributed by atoms with van der Waals surface area (Å²) in [6, 6.07) is 13.5. The monoisotopic (exact) mass is 399 g/mol. The van der Waals surface area contributed by atoms with Crippen LogP contribution in [0.4, 0.5) is 4.39 Å². The molecule has 144 valence electrons. The summed E-state index contributed by atoms with van der Waals surface area (Å²) in [5, 5.41) is 4.72. The Labute approximate surface area is 167 Å². The molecule has 4 rings (SSSR count). The van der Waals surface area contributed by atoms with Crippen molar-refractivity contribution in [1.82, 2.24) is 15.0 Å². The number of halogens is 2. The van der Waals surface area contributed by atoms with E-state index in [4.69, 9.17) is 16.1 Å². The van der Waals surface area contributed by atoms with Gasteiger partial charge in [0.15, 0.2) is 0 Å². The van der Waals surface area contributed by atoms with E-state index in [2.05, 4.69) is 10.1 Å². The first kappa shape index (κ1) is 18.6. The Morgan fingerprint density at radius 2 is 1.93 bits per heavy atom. The van der Waals surface area contributed by atoms with Gasteiger partial charge in [0, 0.05) is 29.6 Å². The lowest BCUT2D eigenvalue weighted by Crippen LogP contribution is -2.38. The zero-order chi connectivity index (χ0) is 19.5. The molecule has 1 aliphatic rings. The first-order valence-electron chi connectivity index (χ1n) is 9.20. The number of piperidine rings is 1. The Morgan fingerprint density at radius 1 is 1.18 bits per heavy atom. The molecule has 0 radical (unpaired) electrons. The molecule has 1 amide bonds. The van der Waals surface area contributed by atoms with E-state index < -0.39 is 0 Å². The van der Waals surface area contributed by atoms with Crippen LogP contribution in [0.2, 0.25) is 5.02 Å². The van der Waals surface area contributed by atoms with Gasteiger partial charge in [-0.3, -0.25) is 4.79 Å². The fraction of sp³-hybridized carbons (Fsp3) is 0.286. The van der Waals surface area contributed by atoms with E-state index in [0.717, 1.165) is 18.4 Å². The number of hydrogen-bond acceptors (Lipinski definition) is 4. The first-order chi connectivity index (χ1) is 13.6. The van der Waals surface area contributed by atoms with Gasteiger partial charge in [0.25, 0.3) is 0 Å². The summed E-state index contributed by atoms with van der Waals surface area (Å²) in [4.78, 5) is 18.8. The molecule has 28 heavy (non-hydrogen) atoms. The maximum absolute atomic E-state index is 13.3. The Hall–Kier alpha value is -2.73. The third-order valence-corrected chi connectivity index (χ3v) is 5.24. The summed E-state index contributed by atoms with van der Waals surface area (Å²) in [6.45, 7) is 1.24. The van der Waals surface area contributed by atoms with Crippen molar-refractivity contribution in [3.63, 3.8) is 0 Å². The van der Waals surface area contributed by atoms with Crippen LogP contribution in [0.1, 0.15) is 30.2 Å². The molecule has 0 bridgehead atoms. The highest BCUT2D eigenvalue weighted by molar-refractivity contribution is 6.30. The summed E-state index contributed by atoms with van der Waals surface area (Å²) in [7, 11) is 0. The molecule has 1 saturated heterocycles. The average Bonchev–Trinajstić information content (AvgIpc) is 3.19. The topological polar surface area (TPSA) is 59.2 Å². The number of nitrogens with zero attached hydrogens (tertiary/aromatic N) is 3. The van der Waals surface area contributed by atoms with Crippen molar-refractivity contribution in [2.45, 2.75) is 25.2 Å². The summed E-state index contributed by atoms with van der Waals surface area (Å²) in [6.07, 6.45) is 1.73. The van der Waals surface area contributed by atoms with Gasteiger partial charge in [0.2, 0.25) is 17.6 Å². The predicted molar refractivity (Wildman–Crippen MR) is 103 cm³/mol. The number of aromatic nitrogens is 2. The van der Waals surface area contributed by atoms with Crippen LogP contribution in [0.15, 0.2) is 53.1 Å². The lowest BCUT2D eigenvalue weighted by atomic mass is 9.96. The number of hydrogen-bond donors (Lipinski definition) is 0. The third kappa shape index (κ3) is 4.22. The van der Waals surface area contributed by atoms with Gasteiger partial charge >= 0.3 is 0 Å². The zero-order valence-electron chi connectivity index (χ0n) is 15.1. The van der Waals surface area contributed by atoms with E-state index in [1.165, 1.54) is 12.1 Å². The lowest BCUT2D eigenvalue weighted by Gasteiger charge is -2.30. The van der Waals surface area contributed by atoms with Gasteiger partial charge in [-0.2, -0.15) is 4.98 Å². The second-order valence-corrected chi connectivity index (χ2v) is 7.36. The van der Waals surface area contributed by atoms with E-state index in [0.29, 0.717) is 35.4 Å². The number of benzene rings is 2. The Morgan fingerprint density at radius 3 is 2.64 bits per heavy atom. The van der Waals surface area contributed by atoms with Crippen molar-refractivity contribution in [2.75, 3.05) is 13.1 Å². The van der Waals surface area contributed by atoms with Gasteiger partial charge in [0.05, 0.1) is 6.42 Å². The van der Waals surface area contributed by atoms with Gasteiger partial charge < -0.3 is 9.42 Å². The standard InChI is InChI=1S/C21H19ClFN3O2/c22-17-6-4-15(5-7-17)20-24-21(28-25-20)16-8-10-26(11-9-16)19(27)13-14-2-1-3-18(23)12-14/h1-7,12,16H,8-11,13H2. The second kappa shape index (κ2) is 8.10. The molecule has 3 aromatic rings. The molecule has 2 aromatic carbocycles. The molecular weight excluding hydrogens is 381 g/mol. The molecule has 0 saturated carbocycles. The maximum Gasteiger partial charge on any atom is 0.230 e. The SMILES string of the molecule is O=C(Cc1cccc(F)c1)N1CCC(c2nc(-c3ccc(Cl)cc3)no2)CC1. The molecule has 5 nitrogen and oxygen atoms in total. The largest absolute Gasteiger partial charge is 0.342 e. The van der Waals surface area contributed by atoms with Gasteiger partial charge in [-0.15, -0.1) is 0 Å². The van der Waals surface area contributed by atoms with Gasteiger partial charge in [-0.05, 0) is 54.8 Å². The first-order valence-corrected chi connectivity index (χ1v) is 9.58. The van der Waals surface area contributed by atoms with Crippen LogP contribution in [0.5, 0.6) is 0 Å². The molecule has 0 aliphatic carbocycles. The Bertz CT molecular complexity index is 966. The highest BCUT2D eigenvalue weighted by atomic mass is 35.5. The van der Waals surface area contributed by atoms with E-state index in [-0.39, 0.29) is 24.1 Å². The van der Waals surface area contributed by atoms with Crippen molar-refractivity contribution < 1.29 is 13.7 Å². The molecule has 1 aliphatic heterocycles. The van der Waals surface area contributed by atoms with Gasteiger partial charge in [-0.25, -0.2) is 4.39 Å². The predicted octanol–water partition coefficient (Wildman–Crippen LogP) is 4.48. The minimum Gasteiger partial charge on any atom is -0.342 e. The van der Waals surface area contributed by atoms with E-state index in [1.807, 2.05) is 17.0 Å². The highest BCUT2D eigenvalue weighted by Crippen LogP contribution is 2.29. The van der Waals surface area contributed by atoms with Crippen LogP contribution < -0.4 is 0 Å². The summed E-state index contributed by atoms with van der Waals surface area (Å²) >= 11 is 5.91. The normalized spacial score (nSPS) is 15.0. The molecule has 1 fully saturated rings. The zero-order valence-corrected chi connectivity index (χ0v) is 15.9. The number of rotatable bonds is 4. The minimum atomic E-state index is -0.322. The fourth-order valence-electron chi connectivity index (χ4n) is 3.43. The molecule has 2 heterocycles. The van der Waals surface area contributed by atoms with Gasteiger partial charge in [0.1, 0.15) is 5.82 Å². The fourth-order valence-corrected chi connectivity index (χ4v) is 3.55. The highest BCUT2D eigenvalue weighted by Gasteiger charge is 2.27. The summed E-state index contributed by atoms with van der Waals surface area (Å²) in [5.41, 5.74) is 1.54. The smallest absolute Gasteiger partial charge is 0.230 e. The Balaban J connectivity index is 1.35. The molecule has 0 spiro atoms. The number of carbonyl (C=O) groups excluding carboxylic acids is 1. The average molecular weight is 400 g/mol. The van der Waals surface area contributed by atoms with Crippen molar-refractivity contribution in [2.24, 2.45) is 0 Å². The van der Waals surface area contributed by atoms with Crippen molar-refractivity contribution >= 4 is 17.5 Å². The van der Waals surface area contributed by atoms with E-state index >= 15 is 0 Å². The molecule has 0 atom stereocenters. The number of likely N-dealkylation sites (tertiary alicyclic amines) is 1. The molecule has 0 N–H and O–H groups in total.